The number of rotatable bonds is 8. The normalized spacial score (nSPS) is 19.9. The number of amides is 1. The van der Waals surface area contributed by atoms with E-state index in [0.717, 1.165) is 44.6 Å². The largest absolute Gasteiger partial charge is 0.385 e. The molecule has 4 rings (SSSR count). The molecule has 1 saturated heterocycles. The summed E-state index contributed by atoms with van der Waals surface area (Å²) in [6.45, 7) is 6.31. The minimum atomic E-state index is -0.372. The lowest BCUT2D eigenvalue weighted by molar-refractivity contribution is -0.146. The van der Waals surface area contributed by atoms with Gasteiger partial charge in [-0.3, -0.25) is 4.79 Å². The van der Waals surface area contributed by atoms with Crippen molar-refractivity contribution in [2.24, 2.45) is 0 Å². The van der Waals surface area contributed by atoms with Crippen molar-refractivity contribution in [1.82, 2.24) is 19.8 Å². The molecule has 2 aromatic heterocycles. The predicted octanol–water partition coefficient (Wildman–Crippen LogP) is 1.86. The molecule has 152 valence electrons. The second kappa shape index (κ2) is 8.59. The zero-order valence-electron chi connectivity index (χ0n) is 16.8. The van der Waals surface area contributed by atoms with Crippen molar-refractivity contribution < 1.29 is 14.3 Å². The Morgan fingerprint density at radius 3 is 3.04 bits per heavy atom. The van der Waals surface area contributed by atoms with Crippen LogP contribution in [0.2, 0.25) is 0 Å². The van der Waals surface area contributed by atoms with Crippen LogP contribution in [0.25, 0.3) is 11.0 Å². The van der Waals surface area contributed by atoms with Gasteiger partial charge in [-0.15, -0.1) is 0 Å². The van der Waals surface area contributed by atoms with Gasteiger partial charge in [0.05, 0.1) is 6.61 Å². The predicted molar refractivity (Wildman–Crippen MR) is 107 cm³/mol. The molecule has 2 aromatic rings. The number of ether oxygens (including phenoxy) is 2. The summed E-state index contributed by atoms with van der Waals surface area (Å²) in [5.41, 5.74) is 3.36. The molecule has 3 heterocycles. The van der Waals surface area contributed by atoms with Crippen molar-refractivity contribution in [1.29, 1.82) is 0 Å². The number of fused-ring (bicyclic) bond motifs is 1. The highest BCUT2D eigenvalue weighted by molar-refractivity contribution is 5.86. The second-order valence-electron chi connectivity index (χ2n) is 7.78. The first-order valence-electron chi connectivity index (χ1n) is 10.2. The Morgan fingerprint density at radius 2 is 2.32 bits per heavy atom. The molecule has 0 unspecified atom stereocenters. The highest BCUT2D eigenvalue weighted by Crippen LogP contribution is 2.32. The van der Waals surface area contributed by atoms with E-state index in [1.165, 1.54) is 16.5 Å². The van der Waals surface area contributed by atoms with Gasteiger partial charge in [0.15, 0.2) is 0 Å². The fourth-order valence-corrected chi connectivity index (χ4v) is 4.01. The molecular formula is C21H30N4O3. The van der Waals surface area contributed by atoms with E-state index in [2.05, 4.69) is 28.0 Å². The Balaban J connectivity index is 1.60. The number of nitrogens with one attached hydrogen (secondary N) is 1. The molecule has 7 nitrogen and oxygen atoms in total. The number of nitrogens with zero attached hydrogens (tertiary/aromatic N) is 3. The summed E-state index contributed by atoms with van der Waals surface area (Å²) in [5, 5.41) is 4.43. The van der Waals surface area contributed by atoms with Crippen molar-refractivity contribution in [2.75, 3.05) is 33.4 Å². The Hall–Kier alpha value is -1.96. The Morgan fingerprint density at radius 1 is 1.46 bits per heavy atom. The monoisotopic (exact) mass is 386 g/mol. The quantitative estimate of drug-likeness (QED) is 0.702. The summed E-state index contributed by atoms with van der Waals surface area (Å²) in [4.78, 5) is 19.8. The number of morpholine rings is 1. The molecule has 2 aliphatic rings. The lowest BCUT2D eigenvalue weighted by atomic mass is 10.1. The average Bonchev–Trinajstić information content (AvgIpc) is 3.50. The summed E-state index contributed by atoms with van der Waals surface area (Å²) in [6, 6.07) is 2.38. The summed E-state index contributed by atoms with van der Waals surface area (Å²) >= 11 is 0. The first-order valence-corrected chi connectivity index (χ1v) is 10.2. The number of carbonyl (C=O) groups excluding carboxylic acids is 1. The maximum Gasteiger partial charge on any atom is 0.253 e. The highest BCUT2D eigenvalue weighted by Gasteiger charge is 2.37. The van der Waals surface area contributed by atoms with E-state index < -0.39 is 0 Å². The van der Waals surface area contributed by atoms with Crippen LogP contribution in [0.1, 0.15) is 30.4 Å². The van der Waals surface area contributed by atoms with Gasteiger partial charge in [0.25, 0.3) is 5.91 Å². The number of aryl methyl sites for hydroxylation is 2. The number of hydrogen-bond acceptors (Lipinski definition) is 5. The summed E-state index contributed by atoms with van der Waals surface area (Å²) in [6.07, 6.45) is 6.75. The van der Waals surface area contributed by atoms with E-state index >= 15 is 0 Å². The van der Waals surface area contributed by atoms with Crippen LogP contribution in [0.15, 0.2) is 18.5 Å². The van der Waals surface area contributed by atoms with Gasteiger partial charge in [-0.2, -0.15) is 0 Å². The molecule has 1 N–H and O–H groups in total. The lowest BCUT2D eigenvalue weighted by Crippen LogP contribution is -2.49. The molecule has 0 radical (unpaired) electrons. The number of methoxy groups -OCH3 is 1. The first kappa shape index (κ1) is 19.4. The molecule has 1 atom stereocenters. The molecule has 1 amide bonds. The minimum Gasteiger partial charge on any atom is -0.385 e. The van der Waals surface area contributed by atoms with Gasteiger partial charge in [0.2, 0.25) is 0 Å². The maximum atomic E-state index is 13.1. The van der Waals surface area contributed by atoms with Gasteiger partial charge >= 0.3 is 0 Å². The maximum absolute atomic E-state index is 13.1. The van der Waals surface area contributed by atoms with Crippen LogP contribution in [0.5, 0.6) is 0 Å². The van der Waals surface area contributed by atoms with Crippen molar-refractivity contribution in [3.8, 4) is 0 Å². The Labute approximate surface area is 166 Å². The molecule has 0 spiro atoms. The summed E-state index contributed by atoms with van der Waals surface area (Å²) in [5.74, 6) is 0.108. The molecule has 7 heteroatoms. The van der Waals surface area contributed by atoms with Crippen LogP contribution in [0, 0.1) is 6.92 Å². The number of carbonyl (C=O) groups is 1. The zero-order chi connectivity index (χ0) is 19.5. The Bertz CT molecular complexity index is 824. The SMILES string of the molecule is COCCCn1cc(CN(C(=O)[C@H]2CNCCO2)C2CC2)c2c(C)ccnc21. The first-order chi connectivity index (χ1) is 13.7. The van der Waals surface area contributed by atoms with Crippen LogP contribution in [-0.4, -0.2) is 65.9 Å². The lowest BCUT2D eigenvalue weighted by Gasteiger charge is -2.30. The van der Waals surface area contributed by atoms with Crippen LogP contribution in [0.4, 0.5) is 0 Å². The second-order valence-corrected chi connectivity index (χ2v) is 7.78. The Kier molecular flexibility index (Phi) is 5.94. The van der Waals surface area contributed by atoms with Crippen molar-refractivity contribution in [3.63, 3.8) is 0 Å². The molecular weight excluding hydrogens is 356 g/mol. The molecule has 1 aliphatic carbocycles. The van der Waals surface area contributed by atoms with Crippen molar-refractivity contribution in [2.45, 2.75) is 51.4 Å². The molecule has 0 aromatic carbocycles. The molecule has 1 aliphatic heterocycles. The van der Waals surface area contributed by atoms with Gasteiger partial charge in [-0.05, 0) is 43.4 Å². The molecule has 1 saturated carbocycles. The van der Waals surface area contributed by atoms with Gasteiger partial charge in [-0.25, -0.2) is 4.98 Å². The number of pyridine rings is 1. The number of aromatic nitrogens is 2. The number of hydrogen-bond donors (Lipinski definition) is 1. The zero-order valence-corrected chi connectivity index (χ0v) is 16.8. The molecule has 0 bridgehead atoms. The van der Waals surface area contributed by atoms with E-state index in [1.54, 1.807) is 7.11 Å². The van der Waals surface area contributed by atoms with Crippen LogP contribution >= 0.6 is 0 Å². The summed E-state index contributed by atoms with van der Waals surface area (Å²) in [7, 11) is 1.73. The van der Waals surface area contributed by atoms with E-state index in [1.807, 2.05) is 17.2 Å². The average molecular weight is 386 g/mol. The molecule has 28 heavy (non-hydrogen) atoms. The van der Waals surface area contributed by atoms with Gasteiger partial charge < -0.3 is 24.3 Å². The van der Waals surface area contributed by atoms with Crippen molar-refractivity contribution in [3.05, 3.63) is 29.6 Å². The standard InChI is InChI=1S/C21H30N4O3/c1-15-6-7-23-20-19(15)16(13-24(20)9-3-10-27-2)14-25(17-4-5-17)21(26)18-12-22-8-11-28-18/h6-7,13,17-18,22H,3-5,8-12,14H2,1-2H3/t18-/m1/s1. The van der Waals surface area contributed by atoms with E-state index in [-0.39, 0.29) is 12.0 Å². The minimum absolute atomic E-state index is 0.108. The third-order valence-corrected chi connectivity index (χ3v) is 5.61. The van der Waals surface area contributed by atoms with Crippen molar-refractivity contribution >= 4 is 16.9 Å². The smallest absolute Gasteiger partial charge is 0.253 e. The van der Waals surface area contributed by atoms with Gasteiger partial charge in [0.1, 0.15) is 11.8 Å². The van der Waals surface area contributed by atoms with E-state index in [0.29, 0.717) is 25.7 Å². The van der Waals surface area contributed by atoms with E-state index in [4.69, 9.17) is 9.47 Å². The van der Waals surface area contributed by atoms with Crippen LogP contribution in [0.3, 0.4) is 0 Å². The fraction of sp³-hybridized carbons (Fsp3) is 0.619. The van der Waals surface area contributed by atoms with Crippen LogP contribution < -0.4 is 5.32 Å². The van der Waals surface area contributed by atoms with Crippen LogP contribution in [-0.2, 0) is 27.4 Å². The van der Waals surface area contributed by atoms with E-state index in [9.17, 15) is 4.79 Å². The summed E-state index contributed by atoms with van der Waals surface area (Å²) < 4.78 is 13.1. The molecule has 2 fully saturated rings. The topological polar surface area (TPSA) is 68.6 Å². The van der Waals surface area contributed by atoms with Gasteiger partial charge in [0, 0.05) is 63.7 Å². The van der Waals surface area contributed by atoms with Gasteiger partial charge in [-0.1, -0.05) is 0 Å². The third kappa shape index (κ3) is 4.06. The third-order valence-electron chi connectivity index (χ3n) is 5.61. The highest BCUT2D eigenvalue weighted by atomic mass is 16.5. The fourth-order valence-electron chi connectivity index (χ4n) is 4.01.